The minimum absolute atomic E-state index is 0.0611. The average molecular weight is 394 g/mol. The molecule has 0 unspecified atom stereocenters. The van der Waals surface area contributed by atoms with Gasteiger partial charge in [-0.15, -0.1) is 0 Å². The fraction of sp³-hybridized carbons (Fsp3) is 0. The van der Waals surface area contributed by atoms with E-state index in [1.165, 1.54) is 12.1 Å². The normalized spacial score (nSPS) is 10.4. The molecule has 0 fully saturated rings. The highest BCUT2D eigenvalue weighted by atomic mass is 79.9. The van der Waals surface area contributed by atoms with Crippen LogP contribution in [0.2, 0.25) is 10.0 Å². The third kappa shape index (κ3) is 3.41. The zero-order chi connectivity index (χ0) is 14.9. The summed E-state index contributed by atoms with van der Waals surface area (Å²) in [5.41, 5.74) is 7.56. The molecule has 2 aromatic carbocycles. The molecule has 0 aliphatic carbocycles. The highest BCUT2D eigenvalue weighted by Crippen LogP contribution is 2.30. The van der Waals surface area contributed by atoms with Crippen LogP contribution in [0.3, 0.4) is 0 Å². The highest BCUT2D eigenvalue weighted by Gasteiger charge is 2.10. The lowest BCUT2D eigenvalue weighted by molar-refractivity contribution is 0.629. The second-order valence-electron chi connectivity index (χ2n) is 3.93. The molecule has 0 radical (unpaired) electrons. The Kier molecular flexibility index (Phi) is 4.86. The molecule has 0 amide bonds. The molecule has 7 heteroatoms. The number of halogens is 4. The minimum atomic E-state index is -0.649. The third-order valence-electron chi connectivity index (χ3n) is 2.51. The van der Waals surface area contributed by atoms with Crippen LogP contribution in [0, 0.1) is 5.82 Å². The maximum atomic E-state index is 13.4. The molecule has 0 aliphatic heterocycles. The summed E-state index contributed by atoms with van der Waals surface area (Å²) in [5, 5.41) is 2.94. The average Bonchev–Trinajstić information content (AvgIpc) is 2.37. The summed E-state index contributed by atoms with van der Waals surface area (Å²) in [5.74, 6) is -0.649. The molecule has 0 bridgehead atoms. The molecule has 0 heterocycles. The van der Waals surface area contributed by atoms with E-state index >= 15 is 0 Å². The van der Waals surface area contributed by atoms with Crippen LogP contribution in [0.1, 0.15) is 5.56 Å². The Morgan fingerprint density at radius 2 is 1.80 bits per heavy atom. The van der Waals surface area contributed by atoms with E-state index in [9.17, 15) is 4.39 Å². The first-order valence-corrected chi connectivity index (χ1v) is 7.35. The number of benzene rings is 2. The van der Waals surface area contributed by atoms with Crippen LogP contribution in [0.4, 0.5) is 15.8 Å². The van der Waals surface area contributed by atoms with Crippen molar-refractivity contribution >= 4 is 67.7 Å². The van der Waals surface area contributed by atoms with Crippen molar-refractivity contribution in [1.29, 1.82) is 0 Å². The van der Waals surface area contributed by atoms with Gasteiger partial charge in [-0.05, 0) is 30.3 Å². The highest BCUT2D eigenvalue weighted by molar-refractivity contribution is 9.10. The van der Waals surface area contributed by atoms with Gasteiger partial charge in [-0.1, -0.05) is 51.3 Å². The molecule has 20 heavy (non-hydrogen) atoms. The lowest BCUT2D eigenvalue weighted by Gasteiger charge is -2.12. The molecule has 3 N–H and O–H groups in total. The van der Waals surface area contributed by atoms with E-state index < -0.39 is 5.82 Å². The van der Waals surface area contributed by atoms with E-state index in [4.69, 9.17) is 41.2 Å². The predicted octanol–water partition coefficient (Wildman–Crippen LogP) is 5.27. The second-order valence-corrected chi connectivity index (χ2v) is 6.10. The van der Waals surface area contributed by atoms with Crippen molar-refractivity contribution in [2.75, 3.05) is 5.32 Å². The van der Waals surface area contributed by atoms with Gasteiger partial charge in [-0.2, -0.15) is 0 Å². The van der Waals surface area contributed by atoms with E-state index in [1.54, 1.807) is 12.1 Å². The number of rotatable bonds is 3. The quantitative estimate of drug-likeness (QED) is 0.550. The number of thiocarbonyl (C=S) groups is 1. The molecule has 2 rings (SSSR count). The van der Waals surface area contributed by atoms with Gasteiger partial charge in [0.2, 0.25) is 0 Å². The van der Waals surface area contributed by atoms with Crippen molar-refractivity contribution in [3.63, 3.8) is 0 Å². The molecule has 2 nitrogen and oxygen atoms in total. The zero-order valence-corrected chi connectivity index (χ0v) is 13.8. The Morgan fingerprint density at radius 3 is 2.35 bits per heavy atom. The largest absolute Gasteiger partial charge is 0.389 e. The number of anilines is 2. The standard InChI is InChI=1S/C13H8BrCl2FN2S/c14-6-1-2-11(8(3-6)13(18)20)19-7-4-9(15)12(17)10(16)5-7/h1-5,19H,(H2,18,20). The van der Waals surface area contributed by atoms with Gasteiger partial charge in [0.05, 0.1) is 10.0 Å². The molecule has 104 valence electrons. The van der Waals surface area contributed by atoms with Gasteiger partial charge in [0, 0.05) is 21.4 Å². The summed E-state index contributed by atoms with van der Waals surface area (Å²) in [4.78, 5) is 0.244. The molecule has 2 aromatic rings. The van der Waals surface area contributed by atoms with Gasteiger partial charge in [0.15, 0.2) is 5.82 Å². The molecule has 0 saturated carbocycles. The summed E-state index contributed by atoms with van der Waals surface area (Å²) in [6, 6.07) is 8.29. The second kappa shape index (κ2) is 6.26. The van der Waals surface area contributed by atoms with Crippen molar-refractivity contribution in [3.8, 4) is 0 Å². The smallest absolute Gasteiger partial charge is 0.160 e. The maximum absolute atomic E-state index is 13.4. The predicted molar refractivity (Wildman–Crippen MR) is 89.7 cm³/mol. The van der Waals surface area contributed by atoms with Crippen LogP contribution in [-0.4, -0.2) is 4.99 Å². The number of hydrogen-bond acceptors (Lipinski definition) is 2. The molecule has 0 aromatic heterocycles. The van der Waals surface area contributed by atoms with E-state index in [-0.39, 0.29) is 15.0 Å². The van der Waals surface area contributed by atoms with Crippen molar-refractivity contribution in [3.05, 3.63) is 56.2 Å². The summed E-state index contributed by atoms with van der Waals surface area (Å²) in [6.45, 7) is 0. The SMILES string of the molecule is NC(=S)c1cc(Br)ccc1Nc1cc(Cl)c(F)c(Cl)c1. The van der Waals surface area contributed by atoms with Gasteiger partial charge >= 0.3 is 0 Å². The molecule has 0 spiro atoms. The van der Waals surface area contributed by atoms with Crippen LogP contribution < -0.4 is 11.1 Å². The Balaban J connectivity index is 2.42. The van der Waals surface area contributed by atoms with Gasteiger partial charge in [-0.25, -0.2) is 4.39 Å². The number of nitrogens with one attached hydrogen (secondary N) is 1. The molecular weight excluding hydrogens is 386 g/mol. The Labute approximate surface area is 139 Å². The van der Waals surface area contributed by atoms with E-state index in [0.29, 0.717) is 16.9 Å². The third-order valence-corrected chi connectivity index (χ3v) is 3.77. The monoisotopic (exact) mass is 392 g/mol. The van der Waals surface area contributed by atoms with Crippen LogP contribution in [0.15, 0.2) is 34.8 Å². The van der Waals surface area contributed by atoms with E-state index in [1.807, 2.05) is 6.07 Å². The summed E-state index contributed by atoms with van der Waals surface area (Å²) in [7, 11) is 0. The van der Waals surface area contributed by atoms with Crippen molar-refractivity contribution in [2.24, 2.45) is 5.73 Å². The molecule has 0 atom stereocenters. The molecule has 0 saturated heterocycles. The lowest BCUT2D eigenvalue weighted by Crippen LogP contribution is -2.12. The fourth-order valence-corrected chi connectivity index (χ4v) is 2.63. The van der Waals surface area contributed by atoms with Gasteiger partial charge in [0.25, 0.3) is 0 Å². The van der Waals surface area contributed by atoms with Gasteiger partial charge < -0.3 is 11.1 Å². The first kappa shape index (κ1) is 15.5. The van der Waals surface area contributed by atoms with Gasteiger partial charge in [0.1, 0.15) is 4.99 Å². The van der Waals surface area contributed by atoms with Crippen molar-refractivity contribution in [1.82, 2.24) is 0 Å². The van der Waals surface area contributed by atoms with Crippen LogP contribution in [0.25, 0.3) is 0 Å². The Bertz CT molecular complexity index is 671. The maximum Gasteiger partial charge on any atom is 0.160 e. The number of nitrogens with two attached hydrogens (primary N) is 1. The van der Waals surface area contributed by atoms with Crippen molar-refractivity contribution < 1.29 is 4.39 Å². The zero-order valence-electron chi connectivity index (χ0n) is 9.88. The van der Waals surface area contributed by atoms with Crippen LogP contribution >= 0.6 is 51.3 Å². The minimum Gasteiger partial charge on any atom is -0.389 e. The van der Waals surface area contributed by atoms with Gasteiger partial charge in [-0.3, -0.25) is 0 Å². The van der Waals surface area contributed by atoms with E-state index in [0.717, 1.165) is 4.47 Å². The molecule has 0 aliphatic rings. The Hall–Kier alpha value is -0.880. The van der Waals surface area contributed by atoms with Crippen molar-refractivity contribution in [2.45, 2.75) is 0 Å². The first-order chi connectivity index (χ1) is 9.38. The summed E-state index contributed by atoms with van der Waals surface area (Å²) >= 11 is 19.9. The van der Waals surface area contributed by atoms with Crippen LogP contribution in [-0.2, 0) is 0 Å². The first-order valence-electron chi connectivity index (χ1n) is 5.39. The van der Waals surface area contributed by atoms with E-state index in [2.05, 4.69) is 21.2 Å². The topological polar surface area (TPSA) is 38.0 Å². The number of hydrogen-bond donors (Lipinski definition) is 2. The Morgan fingerprint density at radius 1 is 1.20 bits per heavy atom. The lowest BCUT2D eigenvalue weighted by atomic mass is 10.1. The summed E-state index contributed by atoms with van der Waals surface area (Å²) in [6.07, 6.45) is 0. The summed E-state index contributed by atoms with van der Waals surface area (Å²) < 4.78 is 14.2. The molecular formula is C13H8BrCl2FN2S. The van der Waals surface area contributed by atoms with Crippen LogP contribution in [0.5, 0.6) is 0 Å². The fourth-order valence-electron chi connectivity index (χ4n) is 1.61.